The number of aromatic nitrogens is 1. The average molecular weight is 438 g/mol. The SMILES string of the molecule is COC(=O)c1cc(NC(=O)[C@@H]2C[C@H]2c2ccccc2)cc2[nH]c(-c3ccccc3)c(C=O)c12. The van der Waals surface area contributed by atoms with Crippen molar-refractivity contribution in [3.8, 4) is 11.3 Å². The molecule has 6 nitrogen and oxygen atoms in total. The van der Waals surface area contributed by atoms with Gasteiger partial charge in [-0.1, -0.05) is 60.7 Å². The highest BCUT2D eigenvalue weighted by atomic mass is 16.5. The number of H-pyrrole nitrogens is 1. The fourth-order valence-electron chi connectivity index (χ4n) is 4.44. The zero-order valence-electron chi connectivity index (χ0n) is 18.0. The van der Waals surface area contributed by atoms with Gasteiger partial charge < -0.3 is 15.0 Å². The van der Waals surface area contributed by atoms with Crippen LogP contribution >= 0.6 is 0 Å². The van der Waals surface area contributed by atoms with E-state index in [1.165, 1.54) is 7.11 Å². The fourth-order valence-corrected chi connectivity index (χ4v) is 4.44. The van der Waals surface area contributed by atoms with Crippen molar-refractivity contribution in [1.82, 2.24) is 4.98 Å². The molecular formula is C27H22N2O4. The van der Waals surface area contributed by atoms with E-state index in [4.69, 9.17) is 4.74 Å². The molecule has 2 N–H and O–H groups in total. The molecule has 0 bridgehead atoms. The molecule has 0 radical (unpaired) electrons. The Morgan fingerprint density at radius 3 is 2.39 bits per heavy atom. The lowest BCUT2D eigenvalue weighted by atomic mass is 10.0. The highest BCUT2D eigenvalue weighted by Crippen LogP contribution is 2.48. The molecule has 1 saturated carbocycles. The Morgan fingerprint density at radius 1 is 1.03 bits per heavy atom. The van der Waals surface area contributed by atoms with E-state index in [1.54, 1.807) is 12.1 Å². The number of aromatic amines is 1. The molecule has 0 spiro atoms. The second kappa shape index (κ2) is 8.39. The van der Waals surface area contributed by atoms with Crippen LogP contribution < -0.4 is 5.32 Å². The summed E-state index contributed by atoms with van der Waals surface area (Å²) in [6, 6.07) is 22.7. The van der Waals surface area contributed by atoms with E-state index in [0.717, 1.165) is 23.8 Å². The summed E-state index contributed by atoms with van der Waals surface area (Å²) in [7, 11) is 1.29. The van der Waals surface area contributed by atoms with Crippen molar-refractivity contribution in [2.24, 2.45) is 5.92 Å². The Kier molecular flexibility index (Phi) is 5.26. The van der Waals surface area contributed by atoms with Gasteiger partial charge in [-0.3, -0.25) is 9.59 Å². The number of hydrogen-bond acceptors (Lipinski definition) is 4. The third kappa shape index (κ3) is 3.80. The molecule has 1 heterocycles. The molecule has 6 heteroatoms. The summed E-state index contributed by atoms with van der Waals surface area (Å²) >= 11 is 0. The van der Waals surface area contributed by atoms with E-state index < -0.39 is 5.97 Å². The van der Waals surface area contributed by atoms with Gasteiger partial charge in [-0.15, -0.1) is 0 Å². The quantitative estimate of drug-likeness (QED) is 0.321. The number of carbonyl (C=O) groups excluding carboxylic acids is 3. The van der Waals surface area contributed by atoms with Crippen LogP contribution in [0.4, 0.5) is 5.69 Å². The van der Waals surface area contributed by atoms with Crippen LogP contribution in [-0.4, -0.2) is 30.3 Å². The monoisotopic (exact) mass is 438 g/mol. The molecule has 5 rings (SSSR count). The predicted octanol–water partition coefficient (Wildman–Crippen LogP) is 5.18. The minimum Gasteiger partial charge on any atom is -0.465 e. The number of ether oxygens (including phenoxy) is 1. The van der Waals surface area contributed by atoms with E-state index in [0.29, 0.717) is 27.8 Å². The van der Waals surface area contributed by atoms with Gasteiger partial charge in [0.1, 0.15) is 0 Å². The van der Waals surface area contributed by atoms with Gasteiger partial charge in [0.25, 0.3) is 0 Å². The molecule has 1 amide bonds. The number of carbonyl (C=O) groups is 3. The van der Waals surface area contributed by atoms with Crippen molar-refractivity contribution in [2.75, 3.05) is 12.4 Å². The summed E-state index contributed by atoms with van der Waals surface area (Å²) in [5.74, 6) is -0.582. The average Bonchev–Trinajstić information content (AvgIpc) is 3.58. The number of benzene rings is 3. The molecule has 1 fully saturated rings. The van der Waals surface area contributed by atoms with Crippen molar-refractivity contribution >= 4 is 34.8 Å². The second-order valence-electron chi connectivity index (χ2n) is 8.18. The number of hydrogen-bond donors (Lipinski definition) is 2. The normalized spacial score (nSPS) is 16.9. The first-order valence-electron chi connectivity index (χ1n) is 10.7. The Balaban J connectivity index is 1.52. The summed E-state index contributed by atoms with van der Waals surface area (Å²) in [5.41, 5.74) is 4.23. The number of anilines is 1. The molecule has 1 aromatic heterocycles. The Hall–Kier alpha value is -4.19. The molecule has 1 aliphatic rings. The van der Waals surface area contributed by atoms with Crippen LogP contribution in [0.5, 0.6) is 0 Å². The first-order valence-corrected chi connectivity index (χ1v) is 10.7. The second-order valence-corrected chi connectivity index (χ2v) is 8.18. The maximum atomic E-state index is 12.9. The summed E-state index contributed by atoms with van der Waals surface area (Å²) in [4.78, 5) is 40.8. The first-order chi connectivity index (χ1) is 16.1. The number of esters is 1. The van der Waals surface area contributed by atoms with Gasteiger partial charge in [-0.25, -0.2) is 4.79 Å². The maximum Gasteiger partial charge on any atom is 0.338 e. The zero-order valence-corrected chi connectivity index (χ0v) is 18.0. The molecule has 0 aliphatic heterocycles. The first kappa shape index (κ1) is 20.7. The van der Waals surface area contributed by atoms with Crippen LogP contribution in [0.15, 0.2) is 72.8 Å². The summed E-state index contributed by atoms with van der Waals surface area (Å²) < 4.78 is 4.97. The van der Waals surface area contributed by atoms with Crippen molar-refractivity contribution in [2.45, 2.75) is 12.3 Å². The Labute approximate surface area is 190 Å². The molecular weight excluding hydrogens is 416 g/mol. The molecule has 2 atom stereocenters. The van der Waals surface area contributed by atoms with E-state index in [1.807, 2.05) is 60.7 Å². The van der Waals surface area contributed by atoms with Crippen LogP contribution in [0, 0.1) is 5.92 Å². The van der Waals surface area contributed by atoms with E-state index in [2.05, 4.69) is 10.3 Å². The van der Waals surface area contributed by atoms with Gasteiger partial charge in [0.05, 0.1) is 18.4 Å². The fraction of sp³-hybridized carbons (Fsp3) is 0.148. The van der Waals surface area contributed by atoms with Crippen molar-refractivity contribution in [3.63, 3.8) is 0 Å². The summed E-state index contributed by atoms with van der Waals surface area (Å²) in [6.07, 6.45) is 1.53. The van der Waals surface area contributed by atoms with Gasteiger partial charge in [-0.2, -0.15) is 0 Å². The topological polar surface area (TPSA) is 88.3 Å². The third-order valence-corrected chi connectivity index (χ3v) is 6.14. The minimum atomic E-state index is -0.577. The van der Waals surface area contributed by atoms with Crippen LogP contribution in [0.1, 0.15) is 38.6 Å². The lowest BCUT2D eigenvalue weighted by Crippen LogP contribution is -2.15. The van der Waals surface area contributed by atoms with Gasteiger partial charge >= 0.3 is 5.97 Å². The number of fused-ring (bicyclic) bond motifs is 1. The summed E-state index contributed by atoms with van der Waals surface area (Å²) in [5, 5.41) is 3.42. The molecule has 3 aromatic carbocycles. The molecule has 0 saturated heterocycles. The number of methoxy groups -OCH3 is 1. The molecule has 4 aromatic rings. The van der Waals surface area contributed by atoms with Crippen LogP contribution in [0.2, 0.25) is 0 Å². The van der Waals surface area contributed by atoms with Crippen LogP contribution in [-0.2, 0) is 9.53 Å². The molecule has 33 heavy (non-hydrogen) atoms. The highest BCUT2D eigenvalue weighted by Gasteiger charge is 2.43. The lowest BCUT2D eigenvalue weighted by Gasteiger charge is -2.09. The van der Waals surface area contributed by atoms with Crippen molar-refractivity contribution in [1.29, 1.82) is 0 Å². The largest absolute Gasteiger partial charge is 0.465 e. The lowest BCUT2D eigenvalue weighted by molar-refractivity contribution is -0.117. The van der Waals surface area contributed by atoms with E-state index in [-0.39, 0.29) is 23.3 Å². The number of aldehydes is 1. The number of nitrogens with one attached hydrogen (secondary N) is 2. The zero-order chi connectivity index (χ0) is 22.9. The minimum absolute atomic E-state index is 0.0931. The molecule has 0 unspecified atom stereocenters. The maximum absolute atomic E-state index is 12.9. The van der Waals surface area contributed by atoms with Crippen LogP contribution in [0.25, 0.3) is 22.2 Å². The Morgan fingerprint density at radius 2 is 1.73 bits per heavy atom. The van der Waals surface area contributed by atoms with E-state index >= 15 is 0 Å². The third-order valence-electron chi connectivity index (χ3n) is 6.14. The molecule has 164 valence electrons. The van der Waals surface area contributed by atoms with Gasteiger partial charge in [0.15, 0.2) is 6.29 Å². The summed E-state index contributed by atoms with van der Waals surface area (Å²) in [6.45, 7) is 0. The van der Waals surface area contributed by atoms with Gasteiger partial charge in [-0.05, 0) is 35.6 Å². The van der Waals surface area contributed by atoms with Gasteiger partial charge in [0, 0.05) is 28.1 Å². The molecule has 1 aliphatic carbocycles. The standard InChI is InChI=1S/C27H22N2O4/c1-33-27(32)21-12-18(28-26(31)20-14-19(20)16-8-4-2-5-9-16)13-23-24(21)22(15-30)25(29-23)17-10-6-3-7-11-17/h2-13,15,19-20,29H,14H2,1H3,(H,28,31)/t19-,20+/m0/s1. The highest BCUT2D eigenvalue weighted by molar-refractivity contribution is 6.15. The van der Waals surface area contributed by atoms with Crippen LogP contribution in [0.3, 0.4) is 0 Å². The predicted molar refractivity (Wildman–Crippen MR) is 126 cm³/mol. The van der Waals surface area contributed by atoms with Gasteiger partial charge in [0.2, 0.25) is 5.91 Å². The number of amides is 1. The Bertz CT molecular complexity index is 1360. The smallest absolute Gasteiger partial charge is 0.338 e. The van der Waals surface area contributed by atoms with Crippen molar-refractivity contribution < 1.29 is 19.1 Å². The van der Waals surface area contributed by atoms with Crippen molar-refractivity contribution in [3.05, 3.63) is 89.5 Å². The van der Waals surface area contributed by atoms with E-state index in [9.17, 15) is 14.4 Å². The number of rotatable bonds is 6.